The topological polar surface area (TPSA) is 67.8 Å². The van der Waals surface area contributed by atoms with Crippen molar-refractivity contribution < 1.29 is 19.4 Å². The van der Waals surface area contributed by atoms with Crippen molar-refractivity contribution >= 4 is 5.97 Å². The Morgan fingerprint density at radius 2 is 2.20 bits per heavy atom. The second kappa shape index (κ2) is 6.05. The van der Waals surface area contributed by atoms with Gasteiger partial charge in [0.15, 0.2) is 0 Å². The Hall–Kier alpha value is -0.650. The van der Waals surface area contributed by atoms with Gasteiger partial charge in [0.1, 0.15) is 6.04 Å². The number of nitrogens with one attached hydrogen (secondary N) is 1. The zero-order valence-corrected chi connectivity index (χ0v) is 9.23. The highest BCUT2D eigenvalue weighted by molar-refractivity contribution is 5.76. The minimum absolute atomic E-state index is 0.248. The highest BCUT2D eigenvalue weighted by Crippen LogP contribution is 2.33. The van der Waals surface area contributed by atoms with Gasteiger partial charge in [-0.2, -0.15) is 0 Å². The molecule has 1 fully saturated rings. The van der Waals surface area contributed by atoms with Crippen molar-refractivity contribution in [3.05, 3.63) is 0 Å². The minimum atomic E-state index is -0.582. The van der Waals surface area contributed by atoms with Crippen molar-refractivity contribution in [1.29, 1.82) is 0 Å². The fraction of sp³-hybridized carbons (Fsp3) is 0.900. The summed E-state index contributed by atoms with van der Waals surface area (Å²) in [4.78, 5) is 11.4. The molecule has 0 heterocycles. The van der Waals surface area contributed by atoms with Crippen LogP contribution in [0, 0.1) is 5.92 Å². The lowest BCUT2D eigenvalue weighted by Gasteiger charge is -2.17. The first-order valence-electron chi connectivity index (χ1n) is 5.17. The summed E-state index contributed by atoms with van der Waals surface area (Å²) < 4.78 is 9.48. The van der Waals surface area contributed by atoms with E-state index in [1.54, 1.807) is 0 Å². The Balaban J connectivity index is 2.28. The molecule has 0 aromatic carbocycles. The predicted molar refractivity (Wildman–Crippen MR) is 54.4 cm³/mol. The molecular formula is C10H19NO4. The lowest BCUT2D eigenvalue weighted by atomic mass is 10.2. The van der Waals surface area contributed by atoms with E-state index in [9.17, 15) is 9.90 Å². The van der Waals surface area contributed by atoms with Crippen LogP contribution in [0.4, 0.5) is 0 Å². The molecule has 5 nitrogen and oxygen atoms in total. The van der Waals surface area contributed by atoms with Crippen LogP contribution < -0.4 is 5.32 Å². The molecule has 5 heteroatoms. The van der Waals surface area contributed by atoms with E-state index in [1.807, 2.05) is 0 Å². The van der Waals surface area contributed by atoms with Gasteiger partial charge in [-0.3, -0.25) is 4.79 Å². The van der Waals surface area contributed by atoms with Crippen molar-refractivity contribution in [2.45, 2.75) is 25.0 Å². The lowest BCUT2D eigenvalue weighted by Crippen LogP contribution is -2.44. The van der Waals surface area contributed by atoms with Gasteiger partial charge < -0.3 is 19.9 Å². The number of hydrogen-bond acceptors (Lipinski definition) is 5. The Bertz CT molecular complexity index is 206. The van der Waals surface area contributed by atoms with Crippen LogP contribution in [0.5, 0.6) is 0 Å². The van der Waals surface area contributed by atoms with Crippen molar-refractivity contribution in [2.75, 3.05) is 27.4 Å². The summed E-state index contributed by atoms with van der Waals surface area (Å²) in [5.41, 5.74) is 0. The van der Waals surface area contributed by atoms with E-state index in [0.29, 0.717) is 12.5 Å². The van der Waals surface area contributed by atoms with Gasteiger partial charge in [0.05, 0.1) is 19.8 Å². The van der Waals surface area contributed by atoms with Crippen LogP contribution in [-0.2, 0) is 14.3 Å². The van der Waals surface area contributed by atoms with Gasteiger partial charge in [-0.05, 0) is 18.8 Å². The van der Waals surface area contributed by atoms with Crippen LogP contribution >= 0.6 is 0 Å². The lowest BCUT2D eigenvalue weighted by molar-refractivity contribution is -0.143. The summed E-state index contributed by atoms with van der Waals surface area (Å²) in [6.45, 7) is 0.621. The molecule has 88 valence electrons. The number of esters is 1. The molecule has 0 saturated heterocycles. The highest BCUT2D eigenvalue weighted by Gasteiger charge is 2.36. The third kappa shape index (κ3) is 4.15. The maximum absolute atomic E-state index is 11.4. The van der Waals surface area contributed by atoms with Gasteiger partial charge in [-0.15, -0.1) is 0 Å². The molecule has 0 bridgehead atoms. The van der Waals surface area contributed by atoms with Crippen LogP contribution in [0.1, 0.15) is 12.8 Å². The van der Waals surface area contributed by atoms with Crippen molar-refractivity contribution in [2.24, 2.45) is 5.92 Å². The Labute approximate surface area is 89.8 Å². The summed E-state index contributed by atoms with van der Waals surface area (Å²) in [6, 6.07) is -0.276. The number of hydrogen-bond donors (Lipinski definition) is 2. The number of methoxy groups -OCH3 is 2. The molecule has 0 aliphatic heterocycles. The number of aliphatic hydroxyl groups is 1. The summed E-state index contributed by atoms with van der Waals surface area (Å²) in [5, 5.41) is 12.4. The maximum atomic E-state index is 11.4. The van der Waals surface area contributed by atoms with Crippen LogP contribution in [0.2, 0.25) is 0 Å². The van der Waals surface area contributed by atoms with Crippen LogP contribution in [0.3, 0.4) is 0 Å². The third-order valence-electron chi connectivity index (χ3n) is 2.48. The van der Waals surface area contributed by atoms with Gasteiger partial charge >= 0.3 is 5.97 Å². The maximum Gasteiger partial charge on any atom is 0.323 e. The first kappa shape index (κ1) is 12.4. The van der Waals surface area contributed by atoms with E-state index in [-0.39, 0.29) is 18.6 Å². The standard InChI is InChI=1S/C10H19NO4/c1-14-6-8(12)5-11-9(7-3-4-7)10(13)15-2/h7-9,11-12H,3-6H2,1-2H3. The van der Waals surface area contributed by atoms with Crippen molar-refractivity contribution in [1.82, 2.24) is 5.32 Å². The van der Waals surface area contributed by atoms with Crippen LogP contribution in [-0.4, -0.2) is 50.6 Å². The van der Waals surface area contributed by atoms with E-state index >= 15 is 0 Å². The average Bonchev–Trinajstić information content (AvgIpc) is 3.02. The zero-order chi connectivity index (χ0) is 11.3. The largest absolute Gasteiger partial charge is 0.468 e. The Morgan fingerprint density at radius 1 is 1.53 bits per heavy atom. The smallest absolute Gasteiger partial charge is 0.323 e. The molecule has 1 aliphatic carbocycles. The molecular weight excluding hydrogens is 198 g/mol. The van der Waals surface area contributed by atoms with E-state index < -0.39 is 6.10 Å². The van der Waals surface area contributed by atoms with E-state index in [1.165, 1.54) is 14.2 Å². The van der Waals surface area contributed by atoms with E-state index in [0.717, 1.165) is 12.8 Å². The molecule has 1 saturated carbocycles. The Kier molecular flexibility index (Phi) is 5.01. The van der Waals surface area contributed by atoms with Gasteiger partial charge in [0, 0.05) is 13.7 Å². The summed E-state index contributed by atoms with van der Waals surface area (Å²) in [7, 11) is 2.91. The predicted octanol–water partition coefficient (Wildman–Crippen LogP) is -0.465. The van der Waals surface area contributed by atoms with Gasteiger partial charge in [0.25, 0.3) is 0 Å². The molecule has 2 atom stereocenters. The van der Waals surface area contributed by atoms with Gasteiger partial charge in [0.2, 0.25) is 0 Å². The second-order valence-electron chi connectivity index (χ2n) is 3.86. The molecule has 0 aromatic heterocycles. The van der Waals surface area contributed by atoms with E-state index in [2.05, 4.69) is 5.32 Å². The van der Waals surface area contributed by atoms with Gasteiger partial charge in [-0.25, -0.2) is 0 Å². The third-order valence-corrected chi connectivity index (χ3v) is 2.48. The number of ether oxygens (including phenoxy) is 2. The number of carbonyl (C=O) groups excluding carboxylic acids is 1. The van der Waals surface area contributed by atoms with E-state index in [4.69, 9.17) is 9.47 Å². The quantitative estimate of drug-likeness (QED) is 0.565. The SMILES string of the molecule is COCC(O)CNC(C(=O)OC)C1CC1. The zero-order valence-electron chi connectivity index (χ0n) is 9.23. The number of carbonyl (C=O) groups is 1. The fourth-order valence-corrected chi connectivity index (χ4v) is 1.51. The van der Waals surface area contributed by atoms with Crippen molar-refractivity contribution in [3.8, 4) is 0 Å². The normalized spacial score (nSPS) is 19.7. The highest BCUT2D eigenvalue weighted by atomic mass is 16.5. The number of rotatable bonds is 7. The molecule has 2 N–H and O–H groups in total. The Morgan fingerprint density at radius 3 is 2.67 bits per heavy atom. The monoisotopic (exact) mass is 217 g/mol. The summed E-state index contributed by atoms with van der Waals surface area (Å²) >= 11 is 0. The first-order chi connectivity index (χ1) is 7.19. The van der Waals surface area contributed by atoms with Crippen LogP contribution in [0.25, 0.3) is 0 Å². The van der Waals surface area contributed by atoms with Gasteiger partial charge in [-0.1, -0.05) is 0 Å². The fourth-order valence-electron chi connectivity index (χ4n) is 1.51. The molecule has 0 radical (unpaired) electrons. The molecule has 15 heavy (non-hydrogen) atoms. The second-order valence-corrected chi connectivity index (χ2v) is 3.86. The molecule has 0 amide bonds. The summed E-state index contributed by atoms with van der Waals surface area (Å²) in [5.74, 6) is 0.120. The first-order valence-corrected chi connectivity index (χ1v) is 5.17. The molecule has 1 aliphatic rings. The minimum Gasteiger partial charge on any atom is -0.468 e. The molecule has 0 spiro atoms. The average molecular weight is 217 g/mol. The number of aliphatic hydroxyl groups excluding tert-OH is 1. The molecule has 0 aromatic rings. The van der Waals surface area contributed by atoms with Crippen LogP contribution in [0.15, 0.2) is 0 Å². The molecule has 2 unspecified atom stereocenters. The summed E-state index contributed by atoms with van der Waals surface area (Å²) in [6.07, 6.45) is 1.52. The molecule has 1 rings (SSSR count). The van der Waals surface area contributed by atoms with Crippen molar-refractivity contribution in [3.63, 3.8) is 0 Å².